The third-order valence-corrected chi connectivity index (χ3v) is 6.18. The first kappa shape index (κ1) is 20.6. The number of hydrogen-bond donors (Lipinski definition) is 0. The summed E-state index contributed by atoms with van der Waals surface area (Å²) in [7, 11) is -0.976. The minimum Gasteiger partial charge on any atom is -0.489 e. The average Bonchev–Trinajstić information content (AvgIpc) is 3.14. The van der Waals surface area contributed by atoms with Crippen LogP contribution in [0.4, 0.5) is 0 Å². The molecule has 0 bridgehead atoms. The molecule has 0 fully saturated rings. The van der Waals surface area contributed by atoms with E-state index < -0.39 is 10.8 Å². The number of ether oxygens (including phenoxy) is 1. The molecule has 0 N–H and O–H groups in total. The maximum Gasteiger partial charge on any atom is 0.156 e. The van der Waals surface area contributed by atoms with Gasteiger partial charge in [-0.05, 0) is 47.9 Å². The molecule has 1 unspecified atom stereocenters. The van der Waals surface area contributed by atoms with Gasteiger partial charge in [-0.2, -0.15) is 0 Å². The lowest BCUT2D eigenvalue weighted by Crippen LogP contribution is -1.98. The van der Waals surface area contributed by atoms with Gasteiger partial charge in [-0.25, -0.2) is 4.98 Å². The van der Waals surface area contributed by atoms with Crippen molar-refractivity contribution in [1.82, 2.24) is 9.38 Å². The van der Waals surface area contributed by atoms with Gasteiger partial charge in [0.05, 0.1) is 16.4 Å². The molecule has 4 nitrogen and oxygen atoms in total. The lowest BCUT2D eigenvalue weighted by Gasteiger charge is -2.11. The highest BCUT2D eigenvalue weighted by Gasteiger charge is 2.18. The summed E-state index contributed by atoms with van der Waals surface area (Å²) in [5.74, 6) is 1.03. The number of nitrogens with zero attached hydrogens (tertiary/aromatic N) is 2. The Morgan fingerprint density at radius 1 is 1.10 bits per heavy atom. The number of imidazole rings is 1. The summed E-state index contributed by atoms with van der Waals surface area (Å²) < 4.78 is 19.6. The van der Waals surface area contributed by atoms with E-state index in [2.05, 4.69) is 19.9 Å². The monoisotopic (exact) mass is 438 g/mol. The third-order valence-electron chi connectivity index (χ3n) is 4.94. The van der Waals surface area contributed by atoms with E-state index in [1.165, 1.54) is 0 Å². The minimum absolute atomic E-state index is 0.253. The van der Waals surface area contributed by atoms with E-state index in [1.54, 1.807) is 6.26 Å². The second-order valence-corrected chi connectivity index (χ2v) is 9.25. The summed E-state index contributed by atoms with van der Waals surface area (Å²) in [5.41, 5.74) is 4.85. The van der Waals surface area contributed by atoms with Crippen LogP contribution in [0.1, 0.15) is 31.0 Å². The van der Waals surface area contributed by atoms with Gasteiger partial charge >= 0.3 is 0 Å². The zero-order valence-corrected chi connectivity index (χ0v) is 18.7. The average molecular weight is 439 g/mol. The minimum atomic E-state index is -0.976. The maximum absolute atomic E-state index is 11.5. The van der Waals surface area contributed by atoms with E-state index in [-0.39, 0.29) is 5.92 Å². The normalized spacial score (nSPS) is 12.4. The molecule has 0 radical (unpaired) electrons. The Morgan fingerprint density at radius 2 is 1.87 bits per heavy atom. The Hall–Kier alpha value is -2.63. The Balaban J connectivity index is 1.65. The Morgan fingerprint density at radius 3 is 2.57 bits per heavy atom. The van der Waals surface area contributed by atoms with Gasteiger partial charge in [0, 0.05) is 33.7 Å². The zero-order chi connectivity index (χ0) is 21.3. The zero-order valence-electron chi connectivity index (χ0n) is 17.1. The molecule has 0 amide bonds. The van der Waals surface area contributed by atoms with Crippen molar-refractivity contribution in [2.24, 2.45) is 0 Å². The number of fused-ring (bicyclic) bond motifs is 1. The smallest absolute Gasteiger partial charge is 0.156 e. The molecule has 30 heavy (non-hydrogen) atoms. The highest BCUT2D eigenvalue weighted by Crippen LogP contribution is 2.33. The van der Waals surface area contributed by atoms with Crippen molar-refractivity contribution in [1.29, 1.82) is 0 Å². The molecule has 154 valence electrons. The van der Waals surface area contributed by atoms with E-state index in [9.17, 15) is 4.21 Å². The number of benzene rings is 2. The molecule has 2 aromatic heterocycles. The molecule has 0 spiro atoms. The van der Waals surface area contributed by atoms with E-state index in [1.807, 2.05) is 65.2 Å². The highest BCUT2D eigenvalue weighted by atomic mass is 35.5. The molecular formula is C24H23ClN2O2S. The Kier molecular flexibility index (Phi) is 5.93. The first-order chi connectivity index (χ1) is 14.4. The van der Waals surface area contributed by atoms with Gasteiger partial charge in [0.1, 0.15) is 12.4 Å². The SMILES string of the molecule is CC(C)c1nc2c(Cl)cccn2c1-c1cccc(OCc2ccc(S(C)=O)cc2)c1. The van der Waals surface area contributed by atoms with Crippen molar-refractivity contribution in [2.75, 3.05) is 6.26 Å². The summed E-state index contributed by atoms with van der Waals surface area (Å²) in [5, 5.41) is 0.634. The van der Waals surface area contributed by atoms with E-state index in [0.29, 0.717) is 11.6 Å². The standard InChI is InChI=1S/C24H23ClN2O2S/c1-16(2)22-23(27-13-5-8-21(25)24(27)26-22)18-6-4-7-19(14-18)29-15-17-9-11-20(12-10-17)30(3)28/h4-14,16H,15H2,1-3H3. The lowest BCUT2D eigenvalue weighted by molar-refractivity contribution is 0.306. The highest BCUT2D eigenvalue weighted by molar-refractivity contribution is 7.84. The number of rotatable bonds is 6. The van der Waals surface area contributed by atoms with Crippen LogP contribution in [0.15, 0.2) is 71.8 Å². The summed E-state index contributed by atoms with van der Waals surface area (Å²) in [6.07, 6.45) is 3.66. The lowest BCUT2D eigenvalue weighted by atomic mass is 10.0. The maximum atomic E-state index is 11.5. The predicted molar refractivity (Wildman–Crippen MR) is 123 cm³/mol. The van der Waals surface area contributed by atoms with Crippen LogP contribution in [0, 0.1) is 0 Å². The molecule has 2 aromatic carbocycles. The number of halogens is 1. The predicted octanol–water partition coefficient (Wildman–Crippen LogP) is 6.09. The van der Waals surface area contributed by atoms with Crippen LogP contribution >= 0.6 is 11.6 Å². The quantitative estimate of drug-likeness (QED) is 0.365. The van der Waals surface area contributed by atoms with Crippen molar-refractivity contribution in [3.8, 4) is 17.0 Å². The molecule has 0 aliphatic rings. The topological polar surface area (TPSA) is 43.6 Å². The summed E-state index contributed by atoms with van der Waals surface area (Å²) in [4.78, 5) is 5.61. The molecule has 0 aliphatic heterocycles. The van der Waals surface area contributed by atoms with Crippen LogP contribution in [0.5, 0.6) is 5.75 Å². The van der Waals surface area contributed by atoms with Gasteiger partial charge in [0.2, 0.25) is 0 Å². The van der Waals surface area contributed by atoms with Crippen LogP contribution in [0.3, 0.4) is 0 Å². The molecule has 0 aliphatic carbocycles. The molecule has 1 atom stereocenters. The van der Waals surface area contributed by atoms with Crippen molar-refractivity contribution in [3.05, 3.63) is 83.1 Å². The second kappa shape index (κ2) is 8.62. The largest absolute Gasteiger partial charge is 0.489 e. The van der Waals surface area contributed by atoms with Gasteiger partial charge < -0.3 is 4.74 Å². The number of hydrogen-bond acceptors (Lipinski definition) is 3. The molecule has 0 saturated heterocycles. The van der Waals surface area contributed by atoms with E-state index >= 15 is 0 Å². The fraction of sp³-hybridized carbons (Fsp3) is 0.208. The third kappa shape index (κ3) is 4.13. The molecule has 4 rings (SSSR count). The van der Waals surface area contributed by atoms with Crippen LogP contribution in [0.2, 0.25) is 5.02 Å². The summed E-state index contributed by atoms with van der Waals surface area (Å²) >= 11 is 6.39. The van der Waals surface area contributed by atoms with Crippen molar-refractivity contribution in [2.45, 2.75) is 31.3 Å². The number of aromatic nitrogens is 2. The fourth-order valence-corrected chi connectivity index (χ4v) is 4.14. The van der Waals surface area contributed by atoms with Gasteiger partial charge in [0.15, 0.2) is 5.65 Å². The molecule has 0 saturated carbocycles. The molecule has 6 heteroatoms. The fourth-order valence-electron chi connectivity index (χ4n) is 3.42. The van der Waals surface area contributed by atoms with Crippen LogP contribution in [-0.2, 0) is 17.4 Å². The van der Waals surface area contributed by atoms with Gasteiger partial charge in [-0.3, -0.25) is 8.61 Å². The van der Waals surface area contributed by atoms with Gasteiger partial charge in [0.25, 0.3) is 0 Å². The van der Waals surface area contributed by atoms with Crippen LogP contribution in [-0.4, -0.2) is 19.8 Å². The molecule has 4 aromatic rings. The van der Waals surface area contributed by atoms with E-state index in [0.717, 1.165) is 38.8 Å². The van der Waals surface area contributed by atoms with E-state index in [4.69, 9.17) is 21.3 Å². The molecular weight excluding hydrogens is 416 g/mol. The Labute approximate surface area is 183 Å². The Bertz CT molecular complexity index is 1220. The van der Waals surface area contributed by atoms with Crippen LogP contribution in [0.25, 0.3) is 16.9 Å². The van der Waals surface area contributed by atoms with Crippen LogP contribution < -0.4 is 4.74 Å². The van der Waals surface area contributed by atoms with Crippen molar-refractivity contribution < 1.29 is 8.95 Å². The summed E-state index contributed by atoms with van der Waals surface area (Å²) in [6.45, 7) is 4.70. The molecule has 2 heterocycles. The van der Waals surface area contributed by atoms with Gasteiger partial charge in [-0.1, -0.05) is 49.7 Å². The number of pyridine rings is 1. The van der Waals surface area contributed by atoms with Gasteiger partial charge in [-0.15, -0.1) is 0 Å². The second-order valence-electron chi connectivity index (χ2n) is 7.46. The van der Waals surface area contributed by atoms with Crippen molar-refractivity contribution in [3.63, 3.8) is 0 Å². The first-order valence-electron chi connectivity index (χ1n) is 9.76. The van der Waals surface area contributed by atoms with Crippen molar-refractivity contribution >= 4 is 28.0 Å². The first-order valence-corrected chi connectivity index (χ1v) is 11.7. The summed E-state index contributed by atoms with van der Waals surface area (Å²) in [6, 6.07) is 19.5.